The zero-order valence-corrected chi connectivity index (χ0v) is 32.5. The first-order chi connectivity index (χ1) is 24.1. The largest absolute Gasteiger partial charge is 0.493 e. The van der Waals surface area contributed by atoms with Gasteiger partial charge in [0.2, 0.25) is 0 Å². The number of fused-ring (bicyclic) bond motifs is 1. The van der Waals surface area contributed by atoms with Crippen LogP contribution in [0.1, 0.15) is 43.5 Å². The smallest absolute Gasteiger partial charge is 0.343 e. The Labute approximate surface area is 314 Å². The maximum atomic E-state index is 14.2. The van der Waals surface area contributed by atoms with E-state index in [1.165, 1.54) is 23.0 Å². The van der Waals surface area contributed by atoms with Gasteiger partial charge in [0, 0.05) is 3.57 Å². The van der Waals surface area contributed by atoms with Crippen LogP contribution in [-0.2, 0) is 25.7 Å². The van der Waals surface area contributed by atoms with Crippen LogP contribution in [0.15, 0.2) is 80.1 Å². The van der Waals surface area contributed by atoms with Crippen molar-refractivity contribution in [2.24, 2.45) is 4.99 Å². The lowest BCUT2D eigenvalue weighted by molar-refractivity contribution is -0.143. The number of benzene rings is 3. The van der Waals surface area contributed by atoms with Crippen LogP contribution in [0.4, 0.5) is 0 Å². The van der Waals surface area contributed by atoms with E-state index in [-0.39, 0.29) is 24.3 Å². The number of aromatic nitrogens is 1. The van der Waals surface area contributed by atoms with E-state index in [0.29, 0.717) is 66.8 Å². The molecule has 0 N–H and O–H groups in total. The zero-order valence-electron chi connectivity index (χ0n) is 27.9. The van der Waals surface area contributed by atoms with Crippen molar-refractivity contribution in [3.05, 3.63) is 110 Å². The molecule has 0 fully saturated rings. The van der Waals surface area contributed by atoms with Crippen molar-refractivity contribution < 1.29 is 38.0 Å². The van der Waals surface area contributed by atoms with Gasteiger partial charge in [-0.1, -0.05) is 29.5 Å². The van der Waals surface area contributed by atoms with E-state index in [1.807, 2.05) is 37.3 Å². The molecule has 262 valence electrons. The van der Waals surface area contributed by atoms with Crippen molar-refractivity contribution in [3.63, 3.8) is 0 Å². The lowest BCUT2D eigenvalue weighted by Crippen LogP contribution is -2.40. The molecule has 0 bridgehead atoms. The first-order valence-electron chi connectivity index (χ1n) is 15.5. The van der Waals surface area contributed by atoms with Crippen molar-refractivity contribution in [2.45, 2.75) is 33.4 Å². The molecule has 5 rings (SSSR count). The molecular formula is C36H34BrIN2O9S. The molecule has 0 saturated carbocycles. The van der Waals surface area contributed by atoms with Gasteiger partial charge in [0.1, 0.15) is 6.61 Å². The van der Waals surface area contributed by atoms with E-state index in [4.69, 9.17) is 28.4 Å². The Morgan fingerprint density at radius 2 is 1.74 bits per heavy atom. The number of esters is 2. The lowest BCUT2D eigenvalue weighted by Gasteiger charge is -2.25. The number of hydrogen-bond acceptors (Lipinski definition) is 11. The van der Waals surface area contributed by atoms with Crippen LogP contribution in [0.3, 0.4) is 0 Å². The second-order valence-electron chi connectivity index (χ2n) is 10.8. The molecule has 0 aliphatic carbocycles. The molecule has 0 unspecified atom stereocenters. The summed E-state index contributed by atoms with van der Waals surface area (Å²) in [5, 5.41) is 0. The van der Waals surface area contributed by atoms with Crippen molar-refractivity contribution in [2.75, 3.05) is 34.0 Å². The highest BCUT2D eigenvalue weighted by Gasteiger charge is 2.34. The molecule has 11 nitrogen and oxygen atoms in total. The standard InChI is InChI=1S/C36H34BrIN2O9S/c1-6-46-27-17-23(10-13-26(27)48-19-30(41)45-5)32-31(35(43)47-7-2)20(3)39-36-40(32)34(42)29(50-36)16-22-14-25(37)33(28(15-22)44-4)49-18-21-8-11-24(38)12-9-21/h8-17,32H,6-7,18-19H2,1-5H3/b29-16-/t32-/m0/s1. The van der Waals surface area contributed by atoms with Gasteiger partial charge in [-0.05, 0) is 118 Å². The SMILES string of the molecule is CCOC(=O)C1=C(C)N=c2s/c(=C\c3cc(Br)c(OCc4ccc(I)cc4)c(OC)c3)c(=O)n2[C@H]1c1ccc(OCC(=O)OC)c(OCC)c1. The third-order valence-electron chi connectivity index (χ3n) is 7.52. The average Bonchev–Trinajstić information content (AvgIpc) is 3.40. The maximum absolute atomic E-state index is 14.2. The van der Waals surface area contributed by atoms with Crippen LogP contribution in [0, 0.1) is 3.57 Å². The molecule has 0 radical (unpaired) electrons. The monoisotopic (exact) mass is 876 g/mol. The van der Waals surface area contributed by atoms with Crippen molar-refractivity contribution >= 4 is 67.9 Å². The van der Waals surface area contributed by atoms with Crippen LogP contribution >= 0.6 is 49.9 Å². The highest BCUT2D eigenvalue weighted by molar-refractivity contribution is 14.1. The molecule has 50 heavy (non-hydrogen) atoms. The predicted molar refractivity (Wildman–Crippen MR) is 200 cm³/mol. The van der Waals surface area contributed by atoms with E-state index in [1.54, 1.807) is 51.3 Å². The number of carbonyl (C=O) groups excluding carboxylic acids is 2. The molecule has 1 aromatic heterocycles. The Kier molecular flexibility index (Phi) is 12.4. The molecule has 0 amide bonds. The van der Waals surface area contributed by atoms with Crippen molar-refractivity contribution in [1.82, 2.24) is 4.57 Å². The van der Waals surface area contributed by atoms with E-state index in [0.717, 1.165) is 9.13 Å². The number of allylic oxidation sites excluding steroid dienone is 1. The van der Waals surface area contributed by atoms with E-state index < -0.39 is 18.0 Å². The lowest BCUT2D eigenvalue weighted by atomic mass is 9.95. The molecule has 3 aromatic carbocycles. The fraction of sp³-hybridized carbons (Fsp3) is 0.278. The Hall–Kier alpha value is -4.15. The van der Waals surface area contributed by atoms with Crippen LogP contribution in [0.25, 0.3) is 6.08 Å². The Balaban J connectivity index is 1.58. The zero-order chi connectivity index (χ0) is 35.9. The van der Waals surface area contributed by atoms with Crippen LogP contribution in [-0.4, -0.2) is 50.5 Å². The number of hydrogen-bond donors (Lipinski definition) is 0. The third kappa shape index (κ3) is 8.24. The van der Waals surface area contributed by atoms with Crippen LogP contribution in [0.5, 0.6) is 23.0 Å². The minimum absolute atomic E-state index is 0.137. The maximum Gasteiger partial charge on any atom is 0.343 e. The molecule has 1 aliphatic rings. The fourth-order valence-electron chi connectivity index (χ4n) is 5.24. The Bertz CT molecular complexity index is 2130. The Morgan fingerprint density at radius 3 is 2.42 bits per heavy atom. The third-order valence-corrected chi connectivity index (χ3v) is 9.81. The van der Waals surface area contributed by atoms with Gasteiger partial charge in [0.15, 0.2) is 34.4 Å². The number of thiazole rings is 1. The molecule has 1 atom stereocenters. The Morgan fingerprint density at radius 1 is 0.980 bits per heavy atom. The van der Waals surface area contributed by atoms with Gasteiger partial charge in [-0.3, -0.25) is 9.36 Å². The predicted octanol–water partition coefficient (Wildman–Crippen LogP) is 5.70. The second kappa shape index (κ2) is 16.7. The van der Waals surface area contributed by atoms with Crippen molar-refractivity contribution in [3.8, 4) is 23.0 Å². The van der Waals surface area contributed by atoms with Gasteiger partial charge in [0.05, 0.1) is 53.8 Å². The number of ether oxygens (including phenoxy) is 6. The van der Waals surface area contributed by atoms with Crippen LogP contribution < -0.4 is 33.8 Å². The summed E-state index contributed by atoms with van der Waals surface area (Å²) >= 11 is 7.07. The summed E-state index contributed by atoms with van der Waals surface area (Å²) in [5.41, 5.74) is 2.53. The fourth-order valence-corrected chi connectivity index (χ4v) is 7.22. The van der Waals surface area contributed by atoms with Crippen molar-refractivity contribution in [1.29, 1.82) is 0 Å². The van der Waals surface area contributed by atoms with Gasteiger partial charge in [-0.2, -0.15) is 0 Å². The molecule has 2 heterocycles. The van der Waals surface area contributed by atoms with E-state index in [2.05, 4.69) is 43.5 Å². The number of carbonyl (C=O) groups is 2. The summed E-state index contributed by atoms with van der Waals surface area (Å²) in [6.07, 6.45) is 1.75. The number of nitrogens with zero attached hydrogens (tertiary/aromatic N) is 2. The molecule has 0 spiro atoms. The van der Waals surface area contributed by atoms with Gasteiger partial charge in [-0.15, -0.1) is 0 Å². The summed E-state index contributed by atoms with van der Waals surface area (Å²) in [4.78, 5) is 44.5. The van der Waals surface area contributed by atoms with Gasteiger partial charge < -0.3 is 28.4 Å². The van der Waals surface area contributed by atoms with E-state index in [9.17, 15) is 14.4 Å². The van der Waals surface area contributed by atoms with Crippen LogP contribution in [0.2, 0.25) is 0 Å². The van der Waals surface area contributed by atoms with Gasteiger partial charge in [0.25, 0.3) is 5.56 Å². The summed E-state index contributed by atoms with van der Waals surface area (Å²) in [6.45, 7) is 5.69. The number of halogens is 2. The summed E-state index contributed by atoms with van der Waals surface area (Å²) < 4.78 is 37.1. The van der Waals surface area contributed by atoms with Gasteiger partial charge >= 0.3 is 11.9 Å². The molecule has 14 heteroatoms. The molecular weight excluding hydrogens is 843 g/mol. The average molecular weight is 878 g/mol. The summed E-state index contributed by atoms with van der Waals surface area (Å²) in [6, 6.07) is 15.8. The van der Waals surface area contributed by atoms with E-state index >= 15 is 0 Å². The second-order valence-corrected chi connectivity index (χ2v) is 13.9. The quantitative estimate of drug-likeness (QED) is 0.123. The summed E-state index contributed by atoms with van der Waals surface area (Å²) in [7, 11) is 2.82. The minimum atomic E-state index is -0.889. The minimum Gasteiger partial charge on any atom is -0.493 e. The topological polar surface area (TPSA) is 124 Å². The first kappa shape index (κ1) is 37.1. The normalized spacial score (nSPS) is 14.1. The molecule has 0 saturated heterocycles. The summed E-state index contributed by atoms with van der Waals surface area (Å²) in [5.74, 6) is 0.503. The number of rotatable bonds is 13. The number of methoxy groups -OCH3 is 2. The molecule has 1 aliphatic heterocycles. The highest BCUT2D eigenvalue weighted by Crippen LogP contribution is 2.38. The highest BCUT2D eigenvalue weighted by atomic mass is 127. The van der Waals surface area contributed by atoms with Gasteiger partial charge in [-0.25, -0.2) is 14.6 Å². The first-order valence-corrected chi connectivity index (χ1v) is 18.2. The molecule has 4 aromatic rings.